The predicted molar refractivity (Wildman–Crippen MR) is 62.7 cm³/mol. The molecule has 0 unspecified atom stereocenters. The van der Waals surface area contributed by atoms with Gasteiger partial charge in [-0.1, -0.05) is 0 Å². The molecule has 1 aromatic rings. The first kappa shape index (κ1) is 15.5. The first-order valence-corrected chi connectivity index (χ1v) is 5.84. The van der Waals surface area contributed by atoms with Crippen molar-refractivity contribution < 1.29 is 22.4 Å². The fourth-order valence-electron chi connectivity index (χ4n) is 1.96. The Bertz CT molecular complexity index is 466. The van der Waals surface area contributed by atoms with Gasteiger partial charge in [-0.15, -0.1) is 0 Å². The molecule has 19 heavy (non-hydrogen) atoms. The molecule has 0 spiro atoms. The summed E-state index contributed by atoms with van der Waals surface area (Å²) in [6, 6.07) is -0.647. The summed E-state index contributed by atoms with van der Waals surface area (Å²) >= 11 is 0. The fraction of sp³-hybridized carbons (Fsp3) is 0.462. The van der Waals surface area contributed by atoms with Crippen LogP contribution in [0.15, 0.2) is 6.07 Å². The SMILES string of the molecule is CC(C)N(C(=O)c1c(F)c(F)cc(F)c1F)C(C)C. The monoisotopic (exact) mass is 277 g/mol. The Kier molecular flexibility index (Phi) is 4.55. The third-order valence-electron chi connectivity index (χ3n) is 2.67. The number of benzene rings is 1. The molecule has 0 heterocycles. The summed E-state index contributed by atoms with van der Waals surface area (Å²) in [6.07, 6.45) is 0. The number of amides is 1. The van der Waals surface area contributed by atoms with Crippen LogP contribution in [0.4, 0.5) is 17.6 Å². The normalized spacial score (nSPS) is 11.3. The molecule has 0 N–H and O–H groups in total. The number of hydrogen-bond donors (Lipinski definition) is 0. The van der Waals surface area contributed by atoms with Gasteiger partial charge in [0, 0.05) is 18.2 Å². The van der Waals surface area contributed by atoms with Crippen LogP contribution in [0.5, 0.6) is 0 Å². The molecule has 1 amide bonds. The van der Waals surface area contributed by atoms with Gasteiger partial charge in [0.05, 0.1) is 0 Å². The van der Waals surface area contributed by atoms with Crippen molar-refractivity contribution >= 4 is 5.91 Å². The van der Waals surface area contributed by atoms with Crippen LogP contribution < -0.4 is 0 Å². The van der Waals surface area contributed by atoms with E-state index < -0.39 is 34.7 Å². The number of carbonyl (C=O) groups is 1. The Hall–Kier alpha value is -1.59. The topological polar surface area (TPSA) is 20.3 Å². The zero-order valence-electron chi connectivity index (χ0n) is 11.1. The molecule has 0 radical (unpaired) electrons. The first-order valence-electron chi connectivity index (χ1n) is 5.84. The molecular formula is C13H15F4NO. The number of hydrogen-bond acceptors (Lipinski definition) is 1. The Balaban J connectivity index is 3.41. The van der Waals surface area contributed by atoms with E-state index in [9.17, 15) is 22.4 Å². The van der Waals surface area contributed by atoms with E-state index in [-0.39, 0.29) is 18.2 Å². The van der Waals surface area contributed by atoms with Crippen LogP contribution in [0, 0.1) is 23.3 Å². The van der Waals surface area contributed by atoms with Crippen molar-refractivity contribution in [2.24, 2.45) is 0 Å². The van der Waals surface area contributed by atoms with E-state index in [2.05, 4.69) is 0 Å². The van der Waals surface area contributed by atoms with Gasteiger partial charge in [0.15, 0.2) is 23.3 Å². The molecule has 0 aliphatic carbocycles. The zero-order valence-corrected chi connectivity index (χ0v) is 11.1. The second kappa shape index (κ2) is 5.59. The Labute approximate surface area is 109 Å². The lowest BCUT2D eigenvalue weighted by Crippen LogP contribution is -2.43. The quantitative estimate of drug-likeness (QED) is 0.611. The van der Waals surface area contributed by atoms with Crippen LogP contribution in [-0.2, 0) is 0 Å². The molecule has 2 nitrogen and oxygen atoms in total. The highest BCUT2D eigenvalue weighted by Gasteiger charge is 2.30. The molecule has 6 heteroatoms. The third-order valence-corrected chi connectivity index (χ3v) is 2.67. The van der Waals surface area contributed by atoms with Gasteiger partial charge in [-0.2, -0.15) is 0 Å². The van der Waals surface area contributed by atoms with Gasteiger partial charge in [-0.3, -0.25) is 4.79 Å². The van der Waals surface area contributed by atoms with Crippen LogP contribution in [0.25, 0.3) is 0 Å². The zero-order chi connectivity index (χ0) is 14.9. The number of carbonyl (C=O) groups excluding carboxylic acids is 1. The smallest absolute Gasteiger partial charge is 0.260 e. The van der Waals surface area contributed by atoms with Gasteiger partial charge in [0.1, 0.15) is 5.56 Å². The van der Waals surface area contributed by atoms with Crippen molar-refractivity contribution in [3.8, 4) is 0 Å². The molecule has 1 rings (SSSR count). The molecule has 0 fully saturated rings. The summed E-state index contributed by atoms with van der Waals surface area (Å²) in [4.78, 5) is 13.2. The van der Waals surface area contributed by atoms with Crippen LogP contribution in [0.2, 0.25) is 0 Å². The highest BCUT2D eigenvalue weighted by Crippen LogP contribution is 2.22. The molecule has 0 aromatic heterocycles. The van der Waals surface area contributed by atoms with Crippen molar-refractivity contribution in [2.45, 2.75) is 39.8 Å². The van der Waals surface area contributed by atoms with Crippen molar-refractivity contribution in [2.75, 3.05) is 0 Å². The van der Waals surface area contributed by atoms with Crippen molar-refractivity contribution in [1.82, 2.24) is 4.90 Å². The van der Waals surface area contributed by atoms with Gasteiger partial charge in [-0.05, 0) is 27.7 Å². The minimum absolute atomic E-state index is 0.0799. The van der Waals surface area contributed by atoms with Crippen molar-refractivity contribution in [1.29, 1.82) is 0 Å². The summed E-state index contributed by atoms with van der Waals surface area (Å²) in [5, 5.41) is 0. The highest BCUT2D eigenvalue weighted by molar-refractivity contribution is 5.95. The third kappa shape index (κ3) is 2.88. The molecule has 0 bridgehead atoms. The van der Waals surface area contributed by atoms with Gasteiger partial charge < -0.3 is 4.90 Å². The van der Waals surface area contributed by atoms with Crippen LogP contribution in [-0.4, -0.2) is 22.9 Å². The van der Waals surface area contributed by atoms with E-state index in [1.165, 1.54) is 0 Å². The maximum absolute atomic E-state index is 13.6. The van der Waals surface area contributed by atoms with Crippen LogP contribution in [0.1, 0.15) is 38.1 Å². The Morgan fingerprint density at radius 1 is 0.947 bits per heavy atom. The highest BCUT2D eigenvalue weighted by atomic mass is 19.2. The minimum atomic E-state index is -1.67. The fourth-order valence-corrected chi connectivity index (χ4v) is 1.96. The lowest BCUT2D eigenvalue weighted by atomic mass is 10.1. The summed E-state index contributed by atoms with van der Waals surface area (Å²) in [6.45, 7) is 6.57. The molecule has 0 aliphatic rings. The van der Waals surface area contributed by atoms with Crippen LogP contribution >= 0.6 is 0 Å². The first-order chi connectivity index (χ1) is 8.68. The van der Waals surface area contributed by atoms with E-state index in [0.717, 1.165) is 4.90 Å². The average Bonchev–Trinajstić information content (AvgIpc) is 2.25. The second-order valence-electron chi connectivity index (χ2n) is 4.74. The maximum atomic E-state index is 13.6. The Morgan fingerprint density at radius 3 is 1.63 bits per heavy atom. The summed E-state index contributed by atoms with van der Waals surface area (Å²) in [5.41, 5.74) is -1.19. The minimum Gasteiger partial charge on any atom is -0.334 e. The van der Waals surface area contributed by atoms with Gasteiger partial charge in [0.25, 0.3) is 5.91 Å². The maximum Gasteiger partial charge on any atom is 0.260 e. The van der Waals surface area contributed by atoms with E-state index in [1.807, 2.05) is 0 Å². The summed E-state index contributed by atoms with van der Waals surface area (Å²) < 4.78 is 53.3. The lowest BCUT2D eigenvalue weighted by Gasteiger charge is -2.31. The van der Waals surface area contributed by atoms with Crippen LogP contribution in [0.3, 0.4) is 0 Å². The number of rotatable bonds is 3. The molecule has 106 valence electrons. The van der Waals surface area contributed by atoms with Gasteiger partial charge in [0.2, 0.25) is 0 Å². The molecule has 0 saturated heterocycles. The van der Waals surface area contributed by atoms with E-state index in [4.69, 9.17) is 0 Å². The molecular weight excluding hydrogens is 262 g/mol. The summed E-state index contributed by atoms with van der Waals surface area (Å²) in [5.74, 6) is -7.59. The second-order valence-corrected chi connectivity index (χ2v) is 4.74. The van der Waals surface area contributed by atoms with E-state index >= 15 is 0 Å². The predicted octanol–water partition coefficient (Wildman–Crippen LogP) is 3.50. The molecule has 0 atom stereocenters. The average molecular weight is 277 g/mol. The van der Waals surface area contributed by atoms with Gasteiger partial charge in [-0.25, -0.2) is 17.6 Å². The number of halogens is 4. The molecule has 0 saturated carbocycles. The number of nitrogens with zero attached hydrogens (tertiary/aromatic N) is 1. The lowest BCUT2D eigenvalue weighted by molar-refractivity contribution is 0.0631. The van der Waals surface area contributed by atoms with Crippen molar-refractivity contribution in [3.63, 3.8) is 0 Å². The Morgan fingerprint density at radius 2 is 1.32 bits per heavy atom. The van der Waals surface area contributed by atoms with E-state index in [1.54, 1.807) is 27.7 Å². The van der Waals surface area contributed by atoms with Crippen molar-refractivity contribution in [3.05, 3.63) is 34.9 Å². The van der Waals surface area contributed by atoms with E-state index in [0.29, 0.717) is 0 Å². The molecule has 0 aliphatic heterocycles. The summed E-state index contributed by atoms with van der Waals surface area (Å²) in [7, 11) is 0. The molecule has 1 aromatic carbocycles. The largest absolute Gasteiger partial charge is 0.334 e. The standard InChI is InChI=1S/C13H15F4NO/c1-6(2)18(7(3)4)13(19)10-11(16)8(14)5-9(15)12(10)17/h5-7H,1-4H3. The van der Waals surface area contributed by atoms with Gasteiger partial charge >= 0.3 is 0 Å².